The minimum Gasteiger partial charge on any atom is -0.508 e. The first-order valence-corrected chi connectivity index (χ1v) is 7.58. The third-order valence-corrected chi connectivity index (χ3v) is 3.92. The van der Waals surface area contributed by atoms with Gasteiger partial charge in [0.2, 0.25) is 0 Å². The van der Waals surface area contributed by atoms with Gasteiger partial charge in [0.15, 0.2) is 0 Å². The maximum absolute atomic E-state index is 9.37. The largest absolute Gasteiger partial charge is 0.508 e. The summed E-state index contributed by atoms with van der Waals surface area (Å²) in [6.45, 7) is 5.85. The predicted molar refractivity (Wildman–Crippen MR) is 96.9 cm³/mol. The molecule has 2 aromatic carbocycles. The van der Waals surface area contributed by atoms with E-state index in [1.54, 1.807) is 12.1 Å². The van der Waals surface area contributed by atoms with Crippen molar-refractivity contribution in [2.24, 2.45) is 0 Å². The first-order valence-electron chi connectivity index (χ1n) is 7.58. The molecule has 0 atom stereocenters. The van der Waals surface area contributed by atoms with Crippen LogP contribution in [0.3, 0.4) is 0 Å². The number of rotatable bonds is 2. The van der Waals surface area contributed by atoms with E-state index in [0.29, 0.717) is 0 Å². The van der Waals surface area contributed by atoms with E-state index in [2.05, 4.69) is 24.0 Å². The summed E-state index contributed by atoms with van der Waals surface area (Å²) in [5, 5.41) is 12.8. The molecular weight excluding hydrogens is 284 g/mol. The molecule has 0 aliphatic carbocycles. The first-order chi connectivity index (χ1) is 11.1. The van der Waals surface area contributed by atoms with Crippen LogP contribution in [0.4, 0.5) is 5.69 Å². The molecule has 0 amide bonds. The van der Waals surface area contributed by atoms with Gasteiger partial charge in [-0.2, -0.15) is 0 Å². The molecule has 0 radical (unpaired) electrons. The van der Waals surface area contributed by atoms with Crippen molar-refractivity contribution >= 4 is 17.8 Å². The molecule has 0 spiro atoms. The third kappa shape index (κ3) is 3.71. The third-order valence-electron chi connectivity index (χ3n) is 3.92. The highest BCUT2D eigenvalue weighted by Gasteiger charge is 2.14. The summed E-state index contributed by atoms with van der Waals surface area (Å²) >= 11 is 0. The number of hydrogen-bond donors (Lipinski definition) is 3. The Morgan fingerprint density at radius 2 is 1.35 bits per heavy atom. The van der Waals surface area contributed by atoms with Gasteiger partial charge in [0.1, 0.15) is 5.75 Å². The maximum Gasteiger partial charge on any atom is 0.115 e. The molecule has 1 saturated heterocycles. The molecule has 1 fully saturated rings. The quantitative estimate of drug-likeness (QED) is 0.743. The van der Waals surface area contributed by atoms with Gasteiger partial charge in [-0.15, -0.1) is 0 Å². The van der Waals surface area contributed by atoms with Crippen LogP contribution in [0.2, 0.25) is 0 Å². The fourth-order valence-corrected chi connectivity index (χ4v) is 2.59. The molecular formula is C20H20N2O. The highest BCUT2D eigenvalue weighted by molar-refractivity contribution is 5.70. The molecule has 0 aromatic heterocycles. The zero-order valence-electron chi connectivity index (χ0n) is 12.9. The number of anilines is 1. The normalized spacial score (nSPS) is 18.5. The van der Waals surface area contributed by atoms with Crippen LogP contribution >= 0.6 is 0 Å². The zero-order valence-corrected chi connectivity index (χ0v) is 12.9. The van der Waals surface area contributed by atoms with Gasteiger partial charge < -0.3 is 16.2 Å². The summed E-state index contributed by atoms with van der Waals surface area (Å²) in [4.78, 5) is 0. The molecule has 1 aliphatic heterocycles. The van der Waals surface area contributed by atoms with Crippen molar-refractivity contribution in [1.82, 2.24) is 5.32 Å². The van der Waals surface area contributed by atoms with E-state index in [1.807, 2.05) is 36.4 Å². The molecule has 0 saturated carbocycles. The SMILES string of the molecule is C=C1/C(=C/c2ccc(N)cc2)CNC/C1=C\c1ccc(O)cc1. The minimum absolute atomic E-state index is 0.275. The van der Waals surface area contributed by atoms with Gasteiger partial charge >= 0.3 is 0 Å². The van der Waals surface area contributed by atoms with Gasteiger partial charge in [-0.25, -0.2) is 0 Å². The number of nitrogens with one attached hydrogen (secondary N) is 1. The fraction of sp³-hybridized carbons (Fsp3) is 0.100. The van der Waals surface area contributed by atoms with Crippen molar-refractivity contribution in [2.75, 3.05) is 18.8 Å². The van der Waals surface area contributed by atoms with E-state index in [1.165, 1.54) is 5.57 Å². The van der Waals surface area contributed by atoms with Crippen molar-refractivity contribution in [3.8, 4) is 5.75 Å². The second-order valence-electron chi connectivity index (χ2n) is 5.68. The van der Waals surface area contributed by atoms with Crippen molar-refractivity contribution in [3.63, 3.8) is 0 Å². The van der Waals surface area contributed by atoms with E-state index in [-0.39, 0.29) is 5.75 Å². The molecule has 4 N–H and O–H groups in total. The molecule has 116 valence electrons. The van der Waals surface area contributed by atoms with Crippen LogP contribution in [0.15, 0.2) is 71.8 Å². The average molecular weight is 304 g/mol. The van der Waals surface area contributed by atoms with Gasteiger partial charge in [-0.05, 0) is 64.3 Å². The average Bonchev–Trinajstić information content (AvgIpc) is 2.55. The number of phenolic OH excluding ortho intramolecular Hbond substituents is 1. The Labute approximate surface area is 136 Å². The Morgan fingerprint density at radius 1 is 0.870 bits per heavy atom. The number of phenols is 1. The van der Waals surface area contributed by atoms with Crippen LogP contribution in [0.25, 0.3) is 12.2 Å². The summed E-state index contributed by atoms with van der Waals surface area (Å²) in [5.41, 5.74) is 12.0. The molecule has 23 heavy (non-hydrogen) atoms. The van der Waals surface area contributed by atoms with Crippen LogP contribution in [0, 0.1) is 0 Å². The molecule has 0 bridgehead atoms. The van der Waals surface area contributed by atoms with E-state index in [0.717, 1.165) is 41.1 Å². The van der Waals surface area contributed by atoms with Gasteiger partial charge in [-0.1, -0.05) is 30.8 Å². The molecule has 1 aliphatic rings. The van der Waals surface area contributed by atoms with Crippen LogP contribution < -0.4 is 11.1 Å². The smallest absolute Gasteiger partial charge is 0.115 e. The Bertz CT molecular complexity index is 703. The van der Waals surface area contributed by atoms with E-state index >= 15 is 0 Å². The second-order valence-corrected chi connectivity index (χ2v) is 5.68. The summed E-state index contributed by atoms with van der Waals surface area (Å²) in [6, 6.07) is 15.0. The Morgan fingerprint density at radius 3 is 1.87 bits per heavy atom. The number of piperidine rings is 1. The lowest BCUT2D eigenvalue weighted by atomic mass is 9.92. The lowest BCUT2D eigenvalue weighted by Gasteiger charge is -2.22. The molecule has 3 heteroatoms. The number of nitrogen functional groups attached to an aromatic ring is 1. The first kappa shape index (κ1) is 15.1. The monoisotopic (exact) mass is 304 g/mol. The summed E-state index contributed by atoms with van der Waals surface area (Å²) in [6.07, 6.45) is 4.24. The Balaban J connectivity index is 1.86. The molecule has 1 heterocycles. The molecule has 3 nitrogen and oxygen atoms in total. The topological polar surface area (TPSA) is 58.3 Å². The van der Waals surface area contributed by atoms with Crippen LogP contribution in [0.5, 0.6) is 5.75 Å². The molecule has 3 rings (SSSR count). The highest BCUT2D eigenvalue weighted by Crippen LogP contribution is 2.25. The Kier molecular flexibility index (Phi) is 4.31. The van der Waals surface area contributed by atoms with Crippen molar-refractivity contribution in [3.05, 3.63) is 83.0 Å². The van der Waals surface area contributed by atoms with Gasteiger partial charge in [0.25, 0.3) is 0 Å². The van der Waals surface area contributed by atoms with Crippen LogP contribution in [-0.4, -0.2) is 18.2 Å². The summed E-state index contributed by atoms with van der Waals surface area (Å²) in [7, 11) is 0. The number of aromatic hydroxyl groups is 1. The van der Waals surface area contributed by atoms with Crippen molar-refractivity contribution in [2.45, 2.75) is 0 Å². The Hall–Kier alpha value is -2.78. The van der Waals surface area contributed by atoms with Gasteiger partial charge in [0, 0.05) is 18.8 Å². The standard InChI is InChI=1S/C20H20N2O/c1-14-17(10-15-2-6-19(21)7-3-15)12-22-13-18(14)11-16-4-8-20(23)9-5-16/h2-11,22-23H,1,12-13,21H2/b17-10+,18-11+. The minimum atomic E-state index is 0.275. The lowest BCUT2D eigenvalue weighted by molar-refractivity contribution is 0.475. The number of benzene rings is 2. The van der Waals surface area contributed by atoms with Gasteiger partial charge in [-0.3, -0.25) is 0 Å². The summed E-state index contributed by atoms with van der Waals surface area (Å²) < 4.78 is 0. The van der Waals surface area contributed by atoms with E-state index < -0.39 is 0 Å². The summed E-state index contributed by atoms with van der Waals surface area (Å²) in [5.74, 6) is 0.275. The number of hydrogen-bond acceptors (Lipinski definition) is 3. The maximum atomic E-state index is 9.37. The number of nitrogens with two attached hydrogens (primary N) is 1. The highest BCUT2D eigenvalue weighted by atomic mass is 16.3. The van der Waals surface area contributed by atoms with Gasteiger partial charge in [0.05, 0.1) is 0 Å². The second kappa shape index (κ2) is 6.55. The van der Waals surface area contributed by atoms with Crippen molar-refractivity contribution < 1.29 is 5.11 Å². The van der Waals surface area contributed by atoms with E-state index in [9.17, 15) is 5.11 Å². The van der Waals surface area contributed by atoms with Crippen LogP contribution in [-0.2, 0) is 0 Å². The predicted octanol–water partition coefficient (Wildman–Crippen LogP) is 3.60. The van der Waals surface area contributed by atoms with Crippen LogP contribution in [0.1, 0.15) is 11.1 Å². The molecule has 2 aromatic rings. The fourth-order valence-electron chi connectivity index (χ4n) is 2.59. The van der Waals surface area contributed by atoms with Crippen molar-refractivity contribution in [1.29, 1.82) is 0 Å². The lowest BCUT2D eigenvalue weighted by Crippen LogP contribution is -2.27. The zero-order chi connectivity index (χ0) is 16.2. The van der Waals surface area contributed by atoms with E-state index in [4.69, 9.17) is 5.73 Å². The molecule has 0 unspecified atom stereocenters.